The highest BCUT2D eigenvalue weighted by Gasteiger charge is 2.50. The lowest BCUT2D eigenvalue weighted by molar-refractivity contribution is -0.135. The van der Waals surface area contributed by atoms with E-state index in [0.717, 1.165) is 12.8 Å². The smallest absolute Gasteiger partial charge is 0.162 e. The van der Waals surface area contributed by atoms with Crippen LogP contribution in [-0.2, 0) is 14.9 Å². The Hall–Kier alpha value is -1.93. The predicted octanol–water partition coefficient (Wildman–Crippen LogP) is 5.97. The first kappa shape index (κ1) is 19.4. The van der Waals surface area contributed by atoms with Crippen molar-refractivity contribution < 1.29 is 9.53 Å². The molecule has 5 atom stereocenters. The van der Waals surface area contributed by atoms with Gasteiger partial charge in [0.05, 0.1) is 6.10 Å². The first-order valence-electron chi connectivity index (χ1n) is 10.8. The number of rotatable bonds is 4. The Morgan fingerprint density at radius 2 is 1.64 bits per heavy atom. The molecule has 2 saturated carbocycles. The molecule has 28 heavy (non-hydrogen) atoms. The highest BCUT2D eigenvalue weighted by molar-refractivity contribution is 5.88. The van der Waals surface area contributed by atoms with Gasteiger partial charge in [-0.25, -0.2) is 0 Å². The highest BCUT2D eigenvalue weighted by Crippen LogP contribution is 2.46. The quantitative estimate of drug-likeness (QED) is 0.657. The lowest BCUT2D eigenvalue weighted by Gasteiger charge is -2.36. The molecule has 0 amide bonds. The van der Waals surface area contributed by atoms with Crippen LogP contribution in [0.15, 0.2) is 54.6 Å². The fraction of sp³-hybridized carbons (Fsp3) is 0.500. The summed E-state index contributed by atoms with van der Waals surface area (Å²) in [6.45, 7) is 6.54. The van der Waals surface area contributed by atoms with Gasteiger partial charge in [-0.1, -0.05) is 86.8 Å². The molecule has 4 rings (SSSR count). The first-order chi connectivity index (χ1) is 13.5. The van der Waals surface area contributed by atoms with Crippen molar-refractivity contribution in [2.75, 3.05) is 0 Å². The van der Waals surface area contributed by atoms with Crippen LogP contribution >= 0.6 is 0 Å². The molecule has 2 fully saturated rings. The Morgan fingerprint density at radius 3 is 2.36 bits per heavy atom. The fourth-order valence-corrected chi connectivity index (χ4v) is 5.26. The summed E-state index contributed by atoms with van der Waals surface area (Å²) in [7, 11) is 0. The average Bonchev–Trinajstić information content (AvgIpc) is 2.93. The predicted molar refractivity (Wildman–Crippen MR) is 114 cm³/mol. The van der Waals surface area contributed by atoms with E-state index in [2.05, 4.69) is 75.4 Å². The molecule has 0 heterocycles. The Kier molecular flexibility index (Phi) is 5.42. The molecule has 2 unspecified atom stereocenters. The van der Waals surface area contributed by atoms with Crippen LogP contribution in [0.1, 0.15) is 68.6 Å². The molecule has 0 saturated heterocycles. The van der Waals surface area contributed by atoms with Crippen LogP contribution in [0.5, 0.6) is 0 Å². The van der Waals surface area contributed by atoms with Crippen LogP contribution in [0, 0.1) is 12.8 Å². The van der Waals surface area contributed by atoms with E-state index in [-0.39, 0.29) is 29.3 Å². The number of Topliss-reactive ketones (excluding diaryl/α,β-unsaturated/α-hetero) is 1. The van der Waals surface area contributed by atoms with Crippen LogP contribution in [-0.4, -0.2) is 18.0 Å². The summed E-state index contributed by atoms with van der Waals surface area (Å²) < 4.78 is 6.63. The third-order valence-electron chi connectivity index (χ3n) is 7.28. The number of aryl methyl sites for hydroxylation is 1. The monoisotopic (exact) mass is 376 g/mol. The molecule has 2 aliphatic rings. The van der Waals surface area contributed by atoms with E-state index in [4.69, 9.17) is 4.74 Å². The molecule has 0 radical (unpaired) electrons. The number of hydrogen-bond donors (Lipinski definition) is 0. The lowest BCUT2D eigenvalue weighted by atomic mass is 9.74. The van der Waals surface area contributed by atoms with Gasteiger partial charge in [0, 0.05) is 17.8 Å². The summed E-state index contributed by atoms with van der Waals surface area (Å²) in [5.74, 6) is 0.857. The summed E-state index contributed by atoms with van der Waals surface area (Å²) >= 11 is 0. The maximum absolute atomic E-state index is 13.0. The molecule has 2 aromatic rings. The van der Waals surface area contributed by atoms with E-state index in [1.807, 2.05) is 0 Å². The zero-order chi connectivity index (χ0) is 19.7. The summed E-state index contributed by atoms with van der Waals surface area (Å²) in [5, 5.41) is 0. The van der Waals surface area contributed by atoms with Gasteiger partial charge in [0.1, 0.15) is 6.10 Å². The van der Waals surface area contributed by atoms with Crippen molar-refractivity contribution in [3.63, 3.8) is 0 Å². The van der Waals surface area contributed by atoms with Gasteiger partial charge in [-0.05, 0) is 36.8 Å². The van der Waals surface area contributed by atoms with Crippen molar-refractivity contribution in [3.05, 3.63) is 71.3 Å². The van der Waals surface area contributed by atoms with Gasteiger partial charge >= 0.3 is 0 Å². The molecular weight excluding hydrogens is 344 g/mol. The van der Waals surface area contributed by atoms with Gasteiger partial charge in [0.25, 0.3) is 0 Å². The van der Waals surface area contributed by atoms with Crippen molar-refractivity contribution in [1.29, 1.82) is 0 Å². The number of ketones is 1. The molecular formula is C26H32O2. The molecule has 0 aliphatic heterocycles. The van der Waals surface area contributed by atoms with Gasteiger partial charge in [0.15, 0.2) is 5.78 Å². The van der Waals surface area contributed by atoms with E-state index in [9.17, 15) is 4.79 Å². The van der Waals surface area contributed by atoms with Crippen LogP contribution in [0.2, 0.25) is 0 Å². The maximum atomic E-state index is 13.0. The Balaban J connectivity index is 1.55. The second-order valence-corrected chi connectivity index (χ2v) is 9.11. The third kappa shape index (κ3) is 3.55. The minimum Gasteiger partial charge on any atom is -0.366 e. The highest BCUT2D eigenvalue weighted by atomic mass is 16.5. The van der Waals surface area contributed by atoms with Crippen molar-refractivity contribution in [2.24, 2.45) is 5.92 Å². The summed E-state index contributed by atoms with van der Waals surface area (Å²) in [6.07, 6.45) is 5.07. The van der Waals surface area contributed by atoms with E-state index in [0.29, 0.717) is 12.3 Å². The molecule has 2 nitrogen and oxygen atoms in total. The molecule has 2 aliphatic carbocycles. The zero-order valence-corrected chi connectivity index (χ0v) is 17.4. The second-order valence-electron chi connectivity index (χ2n) is 9.11. The normalized spacial score (nSPS) is 33.2. The number of carbonyl (C=O) groups is 1. The van der Waals surface area contributed by atoms with Crippen LogP contribution in [0.3, 0.4) is 0 Å². The zero-order valence-electron chi connectivity index (χ0n) is 17.4. The topological polar surface area (TPSA) is 26.3 Å². The SMILES string of the molecule is Cc1ccc([C@]2(C)CC(=O)[C@H](OC3CCCCC3c3ccccc3)[C@H]2C)cc1. The molecule has 2 aromatic carbocycles. The van der Waals surface area contributed by atoms with E-state index in [1.165, 1.54) is 29.5 Å². The minimum atomic E-state index is -0.291. The van der Waals surface area contributed by atoms with Crippen molar-refractivity contribution in [3.8, 4) is 0 Å². The Labute approximate surface area is 169 Å². The molecule has 0 spiro atoms. The van der Waals surface area contributed by atoms with Crippen LogP contribution < -0.4 is 0 Å². The van der Waals surface area contributed by atoms with E-state index < -0.39 is 0 Å². The van der Waals surface area contributed by atoms with Gasteiger partial charge in [0.2, 0.25) is 0 Å². The Bertz CT molecular complexity index is 810. The van der Waals surface area contributed by atoms with Gasteiger partial charge in [-0.15, -0.1) is 0 Å². The fourth-order valence-electron chi connectivity index (χ4n) is 5.26. The molecule has 148 valence electrons. The van der Waals surface area contributed by atoms with Crippen LogP contribution in [0.25, 0.3) is 0 Å². The average molecular weight is 377 g/mol. The van der Waals surface area contributed by atoms with Crippen LogP contribution in [0.4, 0.5) is 0 Å². The standard InChI is InChI=1S/C26H32O2/c1-18-13-15-21(16-14-18)26(3)17-23(27)25(19(26)2)28-24-12-8-7-11-22(24)20-9-5-4-6-10-20/h4-6,9-10,13-16,19,22,24-25H,7-8,11-12,17H2,1-3H3/t19-,22?,24?,25-,26-/m1/s1. The number of benzene rings is 2. The molecule has 0 N–H and O–H groups in total. The number of hydrogen-bond acceptors (Lipinski definition) is 2. The summed E-state index contributed by atoms with van der Waals surface area (Å²) in [4.78, 5) is 13.0. The molecule has 0 aromatic heterocycles. The van der Waals surface area contributed by atoms with Crippen molar-refractivity contribution in [1.82, 2.24) is 0 Å². The molecule has 2 heteroatoms. The molecule has 0 bridgehead atoms. The first-order valence-corrected chi connectivity index (χ1v) is 10.8. The second kappa shape index (κ2) is 7.83. The largest absolute Gasteiger partial charge is 0.366 e. The summed E-state index contributed by atoms with van der Waals surface area (Å²) in [5.41, 5.74) is 3.72. The number of ether oxygens (including phenoxy) is 1. The summed E-state index contributed by atoms with van der Waals surface area (Å²) in [6, 6.07) is 19.4. The van der Waals surface area contributed by atoms with Gasteiger partial charge in [-0.2, -0.15) is 0 Å². The minimum absolute atomic E-state index is 0.146. The van der Waals surface area contributed by atoms with Gasteiger partial charge < -0.3 is 4.74 Å². The Morgan fingerprint density at radius 1 is 0.964 bits per heavy atom. The van der Waals surface area contributed by atoms with E-state index in [1.54, 1.807) is 0 Å². The third-order valence-corrected chi connectivity index (χ3v) is 7.28. The van der Waals surface area contributed by atoms with E-state index >= 15 is 0 Å². The van der Waals surface area contributed by atoms with Crippen molar-refractivity contribution >= 4 is 5.78 Å². The maximum Gasteiger partial charge on any atom is 0.162 e. The number of carbonyl (C=O) groups excluding carboxylic acids is 1. The lowest BCUT2D eigenvalue weighted by Crippen LogP contribution is -2.37. The van der Waals surface area contributed by atoms with Crippen molar-refractivity contribution in [2.45, 2.75) is 76.4 Å². The van der Waals surface area contributed by atoms with Gasteiger partial charge in [-0.3, -0.25) is 4.79 Å².